The fourth-order valence-electron chi connectivity index (χ4n) is 0.460. The number of esters is 1. The number of nitrogens with two attached hydrogens (primary N) is 1. The van der Waals surface area contributed by atoms with E-state index in [1.807, 2.05) is 0 Å². The Bertz CT molecular complexity index is 282. The zero-order chi connectivity index (χ0) is 8.27. The highest BCUT2D eigenvalue weighted by Gasteiger charge is 2.02. The Kier molecular flexibility index (Phi) is 2.22. The summed E-state index contributed by atoms with van der Waals surface area (Å²) in [5, 5.41) is 0.754. The lowest BCUT2D eigenvalue weighted by Crippen LogP contribution is -2.01. The first-order chi connectivity index (χ1) is 5.22. The van der Waals surface area contributed by atoms with Crippen molar-refractivity contribution in [3.05, 3.63) is 18.9 Å². The zero-order valence-corrected chi connectivity index (χ0v) is 6.43. The molecule has 2 N–H and O–H groups in total. The van der Waals surface area contributed by atoms with Gasteiger partial charge in [0.1, 0.15) is 0 Å². The molecule has 0 unspecified atom stereocenters. The largest absolute Gasteiger partial charge is 0.410 e. The van der Waals surface area contributed by atoms with Gasteiger partial charge in [0.05, 0.1) is 6.20 Å². The average molecular weight is 170 g/mol. The number of anilines is 1. The van der Waals surface area contributed by atoms with Crippen molar-refractivity contribution in [2.45, 2.75) is 0 Å². The molecule has 1 aromatic heterocycles. The standard InChI is InChI=1S/C6H6N2O2S/c1-2-4(9)10-5-3-8-6(7)11-5/h2-3H,1H2,(H2,7,8). The van der Waals surface area contributed by atoms with Gasteiger partial charge in [-0.15, -0.1) is 0 Å². The van der Waals surface area contributed by atoms with Crippen LogP contribution in [-0.2, 0) is 4.79 Å². The molecule has 4 nitrogen and oxygen atoms in total. The molecule has 0 spiro atoms. The fourth-order valence-corrected chi connectivity index (χ4v) is 1.00. The number of carbonyl (C=O) groups is 1. The van der Waals surface area contributed by atoms with Crippen LogP contribution in [0, 0.1) is 0 Å². The van der Waals surface area contributed by atoms with Crippen LogP contribution in [0.15, 0.2) is 18.9 Å². The lowest BCUT2D eigenvalue weighted by molar-refractivity contribution is -0.128. The Morgan fingerprint density at radius 2 is 2.64 bits per heavy atom. The minimum atomic E-state index is -0.506. The van der Waals surface area contributed by atoms with Crippen LogP contribution in [0.3, 0.4) is 0 Å². The summed E-state index contributed by atoms with van der Waals surface area (Å²) in [5.74, 6) is -0.506. The van der Waals surface area contributed by atoms with E-state index in [4.69, 9.17) is 10.5 Å². The maximum atomic E-state index is 10.6. The first-order valence-corrected chi connectivity index (χ1v) is 3.59. The Morgan fingerprint density at radius 3 is 3.09 bits per heavy atom. The maximum absolute atomic E-state index is 10.6. The minimum Gasteiger partial charge on any atom is -0.410 e. The van der Waals surface area contributed by atoms with Crippen molar-refractivity contribution in [3.8, 4) is 5.06 Å². The predicted molar refractivity (Wildman–Crippen MR) is 42.4 cm³/mol. The maximum Gasteiger partial charge on any atom is 0.336 e. The predicted octanol–water partition coefficient (Wildman–Crippen LogP) is 0.817. The van der Waals surface area contributed by atoms with Crippen LogP contribution in [0.4, 0.5) is 5.13 Å². The number of aromatic nitrogens is 1. The summed E-state index contributed by atoms with van der Waals surface area (Å²) in [5.41, 5.74) is 5.29. The van der Waals surface area contributed by atoms with E-state index in [-0.39, 0.29) is 0 Å². The van der Waals surface area contributed by atoms with Gasteiger partial charge in [-0.05, 0) is 0 Å². The number of ether oxygens (including phenoxy) is 1. The summed E-state index contributed by atoms with van der Waals surface area (Å²) in [6.07, 6.45) is 2.47. The molecule has 0 saturated carbocycles. The summed E-state index contributed by atoms with van der Waals surface area (Å²) in [6.45, 7) is 3.24. The first kappa shape index (κ1) is 7.74. The van der Waals surface area contributed by atoms with Gasteiger partial charge in [0.15, 0.2) is 5.13 Å². The number of carbonyl (C=O) groups excluding carboxylic acids is 1. The Balaban J connectivity index is 2.64. The SMILES string of the molecule is C=CC(=O)Oc1cnc(N)s1. The smallest absolute Gasteiger partial charge is 0.336 e. The third-order valence-electron chi connectivity index (χ3n) is 0.870. The molecule has 0 radical (unpaired) electrons. The summed E-state index contributed by atoms with van der Waals surface area (Å²) in [6, 6.07) is 0. The first-order valence-electron chi connectivity index (χ1n) is 2.78. The van der Waals surface area contributed by atoms with Crippen LogP contribution in [0.25, 0.3) is 0 Å². The Hall–Kier alpha value is -1.36. The molecule has 5 heteroatoms. The molecule has 0 bridgehead atoms. The van der Waals surface area contributed by atoms with E-state index < -0.39 is 5.97 Å². The van der Waals surface area contributed by atoms with E-state index in [1.54, 1.807) is 0 Å². The number of thiazole rings is 1. The summed E-state index contributed by atoms with van der Waals surface area (Å²) in [4.78, 5) is 14.3. The lowest BCUT2D eigenvalue weighted by Gasteiger charge is -1.92. The van der Waals surface area contributed by atoms with Gasteiger partial charge in [0, 0.05) is 6.08 Å². The number of rotatable bonds is 2. The molecule has 58 valence electrons. The molecule has 0 aliphatic carbocycles. The topological polar surface area (TPSA) is 65.2 Å². The highest BCUT2D eigenvalue weighted by atomic mass is 32.1. The second-order valence-electron chi connectivity index (χ2n) is 1.64. The highest BCUT2D eigenvalue weighted by Crippen LogP contribution is 2.22. The monoisotopic (exact) mass is 170 g/mol. The van der Waals surface area contributed by atoms with Crippen molar-refractivity contribution in [3.63, 3.8) is 0 Å². The van der Waals surface area contributed by atoms with Gasteiger partial charge in [-0.25, -0.2) is 9.78 Å². The molecule has 1 heterocycles. The lowest BCUT2D eigenvalue weighted by atomic mass is 10.7. The second-order valence-corrected chi connectivity index (χ2v) is 2.67. The molecule has 0 fully saturated rings. The molecule has 0 amide bonds. The van der Waals surface area contributed by atoms with Gasteiger partial charge < -0.3 is 10.5 Å². The van der Waals surface area contributed by atoms with Gasteiger partial charge in [0.2, 0.25) is 5.06 Å². The molecule has 0 aliphatic heterocycles. The van der Waals surface area contributed by atoms with Gasteiger partial charge in [-0.2, -0.15) is 0 Å². The van der Waals surface area contributed by atoms with Crippen molar-refractivity contribution in [1.29, 1.82) is 0 Å². The molecular weight excluding hydrogens is 164 g/mol. The average Bonchev–Trinajstić information content (AvgIpc) is 2.35. The van der Waals surface area contributed by atoms with Crippen molar-refractivity contribution >= 4 is 22.4 Å². The molecular formula is C6H6N2O2S. The number of nitrogen functional groups attached to an aromatic ring is 1. The molecule has 0 atom stereocenters. The quantitative estimate of drug-likeness (QED) is 0.527. The molecule has 0 aliphatic rings. The highest BCUT2D eigenvalue weighted by molar-refractivity contribution is 7.17. The van der Waals surface area contributed by atoms with Crippen LogP contribution in [0.5, 0.6) is 5.06 Å². The fraction of sp³-hybridized carbons (Fsp3) is 0. The van der Waals surface area contributed by atoms with E-state index in [0.29, 0.717) is 10.2 Å². The van der Waals surface area contributed by atoms with Crippen molar-refractivity contribution in [2.24, 2.45) is 0 Å². The number of nitrogens with zero attached hydrogens (tertiary/aromatic N) is 1. The van der Waals surface area contributed by atoms with Gasteiger partial charge in [-0.3, -0.25) is 0 Å². The van der Waals surface area contributed by atoms with Crippen LogP contribution < -0.4 is 10.5 Å². The molecule has 0 aromatic carbocycles. The van der Waals surface area contributed by atoms with E-state index in [1.165, 1.54) is 6.20 Å². The molecule has 0 saturated heterocycles. The number of hydrogen-bond donors (Lipinski definition) is 1. The van der Waals surface area contributed by atoms with E-state index in [2.05, 4.69) is 11.6 Å². The normalized spacial score (nSPS) is 9.09. The van der Waals surface area contributed by atoms with Crippen LogP contribution in [-0.4, -0.2) is 11.0 Å². The van der Waals surface area contributed by atoms with Crippen LogP contribution in [0.2, 0.25) is 0 Å². The Morgan fingerprint density at radius 1 is 1.91 bits per heavy atom. The second kappa shape index (κ2) is 3.16. The number of hydrogen-bond acceptors (Lipinski definition) is 5. The van der Waals surface area contributed by atoms with Crippen LogP contribution in [0.1, 0.15) is 0 Å². The van der Waals surface area contributed by atoms with Crippen molar-refractivity contribution in [1.82, 2.24) is 4.98 Å². The minimum absolute atomic E-state index is 0.372. The van der Waals surface area contributed by atoms with Crippen molar-refractivity contribution < 1.29 is 9.53 Å². The molecule has 1 aromatic rings. The zero-order valence-electron chi connectivity index (χ0n) is 5.61. The van der Waals surface area contributed by atoms with Gasteiger partial charge in [0.25, 0.3) is 0 Å². The van der Waals surface area contributed by atoms with E-state index in [9.17, 15) is 4.79 Å². The molecule has 1 rings (SSSR count). The summed E-state index contributed by atoms with van der Waals surface area (Å²) < 4.78 is 4.70. The van der Waals surface area contributed by atoms with Gasteiger partial charge in [-0.1, -0.05) is 17.9 Å². The van der Waals surface area contributed by atoms with E-state index >= 15 is 0 Å². The summed E-state index contributed by atoms with van der Waals surface area (Å²) >= 11 is 1.11. The van der Waals surface area contributed by atoms with Gasteiger partial charge >= 0.3 is 5.97 Å². The summed E-state index contributed by atoms with van der Waals surface area (Å²) in [7, 11) is 0. The van der Waals surface area contributed by atoms with Crippen molar-refractivity contribution in [2.75, 3.05) is 5.73 Å². The molecule has 11 heavy (non-hydrogen) atoms. The Labute approximate surface area is 67.3 Å². The third-order valence-corrected chi connectivity index (χ3v) is 1.57. The van der Waals surface area contributed by atoms with Crippen LogP contribution >= 0.6 is 11.3 Å². The van der Waals surface area contributed by atoms with E-state index in [0.717, 1.165) is 17.4 Å². The third kappa shape index (κ3) is 2.05.